The summed E-state index contributed by atoms with van der Waals surface area (Å²) in [5, 5.41) is 10.9. The van der Waals surface area contributed by atoms with Crippen molar-refractivity contribution in [3.63, 3.8) is 0 Å². The van der Waals surface area contributed by atoms with Gasteiger partial charge in [-0.15, -0.1) is 0 Å². The van der Waals surface area contributed by atoms with E-state index in [-0.39, 0.29) is 27.9 Å². The highest BCUT2D eigenvalue weighted by molar-refractivity contribution is 14.1. The number of esters is 1. The third-order valence-electron chi connectivity index (χ3n) is 3.92. The maximum Gasteiger partial charge on any atom is 0.363 e. The quantitative estimate of drug-likeness (QED) is 0.125. The number of non-ortho nitro benzene ring substituents is 1. The second kappa shape index (κ2) is 9.26. The Morgan fingerprint density at radius 2 is 2.13 bits per heavy atom. The van der Waals surface area contributed by atoms with Crippen molar-refractivity contribution < 1.29 is 23.9 Å². The first-order valence-electron chi connectivity index (χ1n) is 8.42. The van der Waals surface area contributed by atoms with Gasteiger partial charge in [0.25, 0.3) is 5.69 Å². The zero-order valence-corrected chi connectivity index (χ0v) is 18.5. The second-order valence-electron chi connectivity index (χ2n) is 5.89. The summed E-state index contributed by atoms with van der Waals surface area (Å²) in [7, 11) is 1.51. The van der Waals surface area contributed by atoms with Gasteiger partial charge in [0.2, 0.25) is 5.90 Å². The van der Waals surface area contributed by atoms with Crippen LogP contribution in [0.25, 0.3) is 6.08 Å². The molecule has 2 aromatic carbocycles. The number of halogens is 2. The molecule has 1 heterocycles. The van der Waals surface area contributed by atoms with Crippen molar-refractivity contribution in [1.82, 2.24) is 0 Å². The van der Waals surface area contributed by atoms with Crippen LogP contribution in [0.15, 0.2) is 53.7 Å². The van der Waals surface area contributed by atoms with E-state index < -0.39 is 10.9 Å². The van der Waals surface area contributed by atoms with Gasteiger partial charge < -0.3 is 14.2 Å². The van der Waals surface area contributed by atoms with Crippen LogP contribution in [0.4, 0.5) is 5.69 Å². The van der Waals surface area contributed by atoms with Crippen LogP contribution in [0, 0.1) is 13.7 Å². The van der Waals surface area contributed by atoms with Crippen molar-refractivity contribution in [3.05, 3.63) is 78.5 Å². The van der Waals surface area contributed by atoms with E-state index in [1.54, 1.807) is 18.2 Å². The smallest absolute Gasteiger partial charge is 0.363 e. The summed E-state index contributed by atoms with van der Waals surface area (Å²) in [5.41, 5.74) is 0.801. The van der Waals surface area contributed by atoms with E-state index in [4.69, 9.17) is 25.8 Å². The van der Waals surface area contributed by atoms with Crippen LogP contribution in [0.1, 0.15) is 11.1 Å². The molecule has 30 heavy (non-hydrogen) atoms. The fourth-order valence-electron chi connectivity index (χ4n) is 2.58. The number of methoxy groups -OCH3 is 1. The predicted molar refractivity (Wildman–Crippen MR) is 120 cm³/mol. The van der Waals surface area contributed by atoms with Crippen LogP contribution in [0.5, 0.6) is 11.5 Å². The minimum atomic E-state index is -0.666. The van der Waals surface area contributed by atoms with Crippen molar-refractivity contribution >= 4 is 57.8 Å². The molecule has 0 radical (unpaired) electrons. The highest BCUT2D eigenvalue weighted by Gasteiger charge is 2.26. The van der Waals surface area contributed by atoms with Gasteiger partial charge in [0, 0.05) is 12.1 Å². The molecule has 10 heteroatoms. The molecule has 0 fully saturated rings. The van der Waals surface area contributed by atoms with Crippen molar-refractivity contribution in [1.29, 1.82) is 0 Å². The average Bonchev–Trinajstić information content (AvgIpc) is 3.06. The summed E-state index contributed by atoms with van der Waals surface area (Å²) in [6.45, 7) is 3.94. The van der Waals surface area contributed by atoms with E-state index in [1.807, 2.05) is 0 Å². The molecule has 154 valence electrons. The Morgan fingerprint density at radius 3 is 2.77 bits per heavy atom. The normalized spacial score (nSPS) is 14.3. The molecular formula is C20H14ClIN2O6. The number of cyclic esters (lactones) is 1. The van der Waals surface area contributed by atoms with Crippen molar-refractivity contribution in [2.24, 2.45) is 4.99 Å². The van der Waals surface area contributed by atoms with Gasteiger partial charge in [0.05, 0.1) is 26.2 Å². The Labute approximate surface area is 190 Å². The zero-order valence-electron chi connectivity index (χ0n) is 15.6. The van der Waals surface area contributed by atoms with Crippen LogP contribution in [-0.4, -0.2) is 30.5 Å². The second-order valence-corrected chi connectivity index (χ2v) is 7.46. The number of hydrogen-bond donors (Lipinski definition) is 0. The highest BCUT2D eigenvalue weighted by atomic mass is 127. The fourth-order valence-corrected chi connectivity index (χ4v) is 3.62. The fraction of sp³-hybridized carbons (Fsp3) is 0.100. The van der Waals surface area contributed by atoms with Crippen molar-refractivity contribution in [3.8, 4) is 11.5 Å². The van der Waals surface area contributed by atoms with Crippen LogP contribution in [-0.2, 0) is 9.53 Å². The van der Waals surface area contributed by atoms with E-state index >= 15 is 0 Å². The maximum absolute atomic E-state index is 12.3. The molecule has 0 aromatic heterocycles. The Balaban J connectivity index is 1.95. The van der Waals surface area contributed by atoms with Gasteiger partial charge in [-0.2, -0.15) is 0 Å². The molecule has 0 unspecified atom stereocenters. The number of hydrogen-bond acceptors (Lipinski definition) is 7. The Hall–Kier alpha value is -2.92. The van der Waals surface area contributed by atoms with Crippen LogP contribution in [0.2, 0.25) is 5.02 Å². The van der Waals surface area contributed by atoms with Gasteiger partial charge in [0.15, 0.2) is 17.2 Å². The first-order chi connectivity index (χ1) is 14.3. The molecular weight excluding hydrogens is 527 g/mol. The summed E-state index contributed by atoms with van der Waals surface area (Å²) in [6.07, 6.45) is 3.16. The molecule has 0 saturated carbocycles. The third kappa shape index (κ3) is 4.62. The van der Waals surface area contributed by atoms with Crippen molar-refractivity contribution in [2.75, 3.05) is 13.7 Å². The molecule has 0 saturated heterocycles. The molecule has 0 aliphatic carbocycles. The Morgan fingerprint density at radius 1 is 1.37 bits per heavy atom. The lowest BCUT2D eigenvalue weighted by Crippen LogP contribution is -2.06. The molecule has 2 aromatic rings. The molecule has 0 N–H and O–H groups in total. The summed E-state index contributed by atoms with van der Waals surface area (Å²) in [6, 6.07) is 7.31. The number of carbonyl (C=O) groups excluding carboxylic acids is 1. The summed E-state index contributed by atoms with van der Waals surface area (Å²) in [4.78, 5) is 26.7. The van der Waals surface area contributed by atoms with E-state index in [2.05, 4.69) is 34.2 Å². The van der Waals surface area contributed by atoms with Gasteiger partial charge >= 0.3 is 5.97 Å². The molecule has 0 bridgehead atoms. The van der Waals surface area contributed by atoms with Crippen LogP contribution in [0.3, 0.4) is 0 Å². The standard InChI is InChI=1S/C20H14ClIN2O6/c1-3-6-29-18-15(22)7-11(9-17(18)28-2)8-16-20(25)30-19(23-16)13-5-4-12(24(26)27)10-14(13)21/h3-5,7-10H,1,6H2,2H3/b16-8-. The summed E-state index contributed by atoms with van der Waals surface area (Å²) < 4.78 is 17.0. The number of benzene rings is 2. The largest absolute Gasteiger partial charge is 0.493 e. The van der Waals surface area contributed by atoms with Gasteiger partial charge in [-0.25, -0.2) is 9.79 Å². The summed E-state index contributed by atoms with van der Waals surface area (Å²) in [5.74, 6) is 0.361. The van der Waals surface area contributed by atoms with Gasteiger partial charge in [-0.3, -0.25) is 10.1 Å². The minimum Gasteiger partial charge on any atom is -0.493 e. The van der Waals surface area contributed by atoms with Gasteiger partial charge in [-0.05, 0) is 52.4 Å². The third-order valence-corrected chi connectivity index (χ3v) is 5.03. The van der Waals surface area contributed by atoms with Gasteiger partial charge in [0.1, 0.15) is 6.61 Å². The Kier molecular flexibility index (Phi) is 6.73. The topological polar surface area (TPSA) is 100 Å². The molecule has 0 amide bonds. The number of nitro benzene ring substituents is 1. The van der Waals surface area contributed by atoms with Gasteiger partial charge in [-0.1, -0.05) is 24.3 Å². The number of nitrogens with zero attached hydrogens (tertiary/aromatic N) is 2. The highest BCUT2D eigenvalue weighted by Crippen LogP contribution is 2.35. The van der Waals surface area contributed by atoms with E-state index in [0.29, 0.717) is 23.7 Å². The number of carbonyl (C=O) groups is 1. The molecule has 0 spiro atoms. The lowest BCUT2D eigenvalue weighted by Gasteiger charge is -2.12. The first-order valence-corrected chi connectivity index (χ1v) is 9.87. The number of ether oxygens (including phenoxy) is 3. The number of nitro groups is 1. The molecule has 8 nitrogen and oxygen atoms in total. The van der Waals surface area contributed by atoms with E-state index in [9.17, 15) is 14.9 Å². The zero-order chi connectivity index (χ0) is 21.8. The van der Waals surface area contributed by atoms with Crippen LogP contribution < -0.4 is 9.47 Å². The monoisotopic (exact) mass is 540 g/mol. The molecule has 1 aliphatic rings. The number of rotatable bonds is 7. The first kappa shape index (κ1) is 21.8. The maximum atomic E-state index is 12.3. The average molecular weight is 541 g/mol. The molecule has 1 aliphatic heterocycles. The SMILES string of the molecule is C=CCOc1c(I)cc(/C=C2\N=C(c3ccc([N+](=O)[O-])cc3Cl)OC2=O)cc1OC. The predicted octanol–water partition coefficient (Wildman–Crippen LogP) is 4.77. The minimum absolute atomic E-state index is 0.0289. The molecule has 3 rings (SSSR count). The van der Waals surface area contributed by atoms with E-state index in [0.717, 1.165) is 3.57 Å². The Bertz CT molecular complexity index is 1110. The summed E-state index contributed by atoms with van der Waals surface area (Å²) >= 11 is 8.19. The van der Waals surface area contributed by atoms with Crippen molar-refractivity contribution in [2.45, 2.75) is 0 Å². The lowest BCUT2D eigenvalue weighted by molar-refractivity contribution is -0.384. The van der Waals surface area contributed by atoms with E-state index in [1.165, 1.54) is 31.4 Å². The van der Waals surface area contributed by atoms with Crippen LogP contribution >= 0.6 is 34.2 Å². The lowest BCUT2D eigenvalue weighted by atomic mass is 10.1. The molecule has 0 atom stereocenters. The number of aliphatic imine (C=N–C) groups is 1.